The van der Waals surface area contributed by atoms with Crippen LogP contribution < -0.4 is 0 Å². The third kappa shape index (κ3) is 2.51. The number of carbonyl (C=O) groups is 2. The number of aromatic nitrogens is 1. The Bertz CT molecular complexity index is 692. The van der Waals surface area contributed by atoms with Gasteiger partial charge >= 0.3 is 5.97 Å². The number of carboxylic acids is 1. The van der Waals surface area contributed by atoms with Crippen LogP contribution in [0, 0.1) is 5.92 Å². The molecule has 2 unspecified atom stereocenters. The number of hydrogen-bond acceptors (Lipinski definition) is 2. The van der Waals surface area contributed by atoms with E-state index in [4.69, 9.17) is 0 Å². The highest BCUT2D eigenvalue weighted by Gasteiger charge is 2.35. The molecule has 2 heterocycles. The van der Waals surface area contributed by atoms with Crippen LogP contribution in [0.5, 0.6) is 0 Å². The molecular weight excluding hydrogens is 268 g/mol. The number of carbonyl (C=O) groups excluding carboxylic acids is 1. The van der Waals surface area contributed by atoms with Crippen LogP contribution in [0.1, 0.15) is 30.1 Å². The molecule has 1 aliphatic rings. The van der Waals surface area contributed by atoms with E-state index in [1.54, 1.807) is 6.07 Å². The second-order valence-electron chi connectivity index (χ2n) is 5.76. The number of H-pyrrole nitrogens is 1. The van der Waals surface area contributed by atoms with Crippen molar-refractivity contribution < 1.29 is 14.7 Å². The average molecular weight is 286 g/mol. The van der Waals surface area contributed by atoms with Gasteiger partial charge in [-0.3, -0.25) is 4.79 Å². The second-order valence-corrected chi connectivity index (χ2v) is 5.76. The number of amides is 1. The van der Waals surface area contributed by atoms with Crippen LogP contribution >= 0.6 is 0 Å². The fourth-order valence-corrected chi connectivity index (χ4v) is 2.97. The van der Waals surface area contributed by atoms with E-state index in [9.17, 15) is 14.7 Å². The Balaban J connectivity index is 1.90. The van der Waals surface area contributed by atoms with Gasteiger partial charge in [0.1, 0.15) is 6.04 Å². The summed E-state index contributed by atoms with van der Waals surface area (Å²) in [5.74, 6) is -0.780. The quantitative estimate of drug-likeness (QED) is 0.890. The fourth-order valence-electron chi connectivity index (χ4n) is 2.97. The lowest BCUT2D eigenvalue weighted by Crippen LogP contribution is -2.49. The molecule has 2 N–H and O–H groups in total. The normalized spacial score (nSPS) is 22.4. The van der Waals surface area contributed by atoms with Gasteiger partial charge in [0.05, 0.1) is 0 Å². The molecule has 0 saturated carbocycles. The Hall–Kier alpha value is -2.30. The largest absolute Gasteiger partial charge is 0.480 e. The summed E-state index contributed by atoms with van der Waals surface area (Å²) in [5, 5.41) is 10.3. The Morgan fingerprint density at radius 3 is 2.90 bits per heavy atom. The molecule has 0 bridgehead atoms. The van der Waals surface area contributed by atoms with Crippen LogP contribution in [0.2, 0.25) is 0 Å². The number of nitrogens with one attached hydrogen (secondary N) is 1. The van der Waals surface area contributed by atoms with Crippen LogP contribution in [0.4, 0.5) is 0 Å². The molecule has 2 aromatic rings. The maximum Gasteiger partial charge on any atom is 0.326 e. The lowest BCUT2D eigenvalue weighted by Gasteiger charge is -2.36. The topological polar surface area (TPSA) is 73.4 Å². The summed E-state index contributed by atoms with van der Waals surface area (Å²) in [4.78, 5) is 28.6. The van der Waals surface area contributed by atoms with Gasteiger partial charge in [0.25, 0.3) is 5.91 Å². The van der Waals surface area contributed by atoms with Gasteiger partial charge in [0, 0.05) is 29.2 Å². The molecule has 1 amide bonds. The molecule has 5 heteroatoms. The number of fused-ring (bicyclic) bond motifs is 1. The highest BCUT2D eigenvalue weighted by atomic mass is 16.4. The van der Waals surface area contributed by atoms with Crippen LogP contribution in [0.3, 0.4) is 0 Å². The first-order valence-corrected chi connectivity index (χ1v) is 7.17. The standard InChI is InChI=1S/C16H18N2O3/c1-10-5-7-18(14(8-10)16(20)21)15(19)12-2-3-13-11(9-12)4-6-17-13/h2-4,6,9-10,14,17H,5,7-8H2,1H3,(H,20,21). The van der Waals surface area contributed by atoms with Gasteiger partial charge in [-0.05, 0) is 43.0 Å². The summed E-state index contributed by atoms with van der Waals surface area (Å²) >= 11 is 0. The minimum absolute atomic E-state index is 0.197. The Kier molecular flexibility index (Phi) is 3.41. The third-order valence-corrected chi connectivity index (χ3v) is 4.21. The van der Waals surface area contributed by atoms with Crippen molar-refractivity contribution in [3.63, 3.8) is 0 Å². The number of hydrogen-bond donors (Lipinski definition) is 2. The van der Waals surface area contributed by atoms with Crippen molar-refractivity contribution in [1.29, 1.82) is 0 Å². The SMILES string of the molecule is CC1CCN(C(=O)c2ccc3[nH]ccc3c2)C(C(=O)O)C1. The summed E-state index contributed by atoms with van der Waals surface area (Å²) in [6, 6.07) is 6.59. The van der Waals surface area contributed by atoms with Crippen molar-refractivity contribution in [3.05, 3.63) is 36.0 Å². The summed E-state index contributed by atoms with van der Waals surface area (Å²) in [6.07, 6.45) is 3.19. The smallest absolute Gasteiger partial charge is 0.326 e. The van der Waals surface area contributed by atoms with Crippen LogP contribution in [-0.2, 0) is 4.79 Å². The number of aliphatic carboxylic acids is 1. The summed E-state index contributed by atoms with van der Waals surface area (Å²) in [6.45, 7) is 2.53. The summed E-state index contributed by atoms with van der Waals surface area (Å²) in [5.41, 5.74) is 1.51. The number of aromatic amines is 1. The van der Waals surface area contributed by atoms with Crippen molar-refractivity contribution in [2.45, 2.75) is 25.8 Å². The summed E-state index contributed by atoms with van der Waals surface area (Å²) < 4.78 is 0. The monoisotopic (exact) mass is 286 g/mol. The van der Waals surface area contributed by atoms with Gasteiger partial charge in [-0.1, -0.05) is 6.92 Å². The molecule has 1 aromatic carbocycles. The van der Waals surface area contributed by atoms with E-state index in [-0.39, 0.29) is 5.91 Å². The Morgan fingerprint density at radius 2 is 2.14 bits per heavy atom. The zero-order valence-electron chi connectivity index (χ0n) is 11.9. The highest BCUT2D eigenvalue weighted by Crippen LogP contribution is 2.25. The Labute approximate surface area is 122 Å². The van der Waals surface area contributed by atoms with Gasteiger partial charge in [-0.25, -0.2) is 4.79 Å². The molecular formula is C16H18N2O3. The van der Waals surface area contributed by atoms with Gasteiger partial charge in [-0.15, -0.1) is 0 Å². The number of piperidine rings is 1. The van der Waals surface area contributed by atoms with E-state index >= 15 is 0 Å². The minimum atomic E-state index is -0.919. The zero-order chi connectivity index (χ0) is 15.0. The first-order chi connectivity index (χ1) is 10.1. The summed E-state index contributed by atoms with van der Waals surface area (Å²) in [7, 11) is 0. The average Bonchev–Trinajstić information content (AvgIpc) is 2.93. The van der Waals surface area contributed by atoms with Gasteiger partial charge in [0.15, 0.2) is 0 Å². The molecule has 5 nitrogen and oxygen atoms in total. The molecule has 1 aliphatic heterocycles. The lowest BCUT2D eigenvalue weighted by atomic mass is 9.92. The molecule has 2 atom stereocenters. The predicted octanol–water partition coefficient (Wildman–Crippen LogP) is 2.49. The van der Waals surface area contributed by atoms with Crippen LogP contribution in [0.25, 0.3) is 10.9 Å². The van der Waals surface area contributed by atoms with E-state index in [2.05, 4.69) is 4.98 Å². The van der Waals surface area contributed by atoms with E-state index in [1.165, 1.54) is 4.90 Å². The number of rotatable bonds is 2. The molecule has 0 spiro atoms. The first kappa shape index (κ1) is 13.7. The van der Waals surface area contributed by atoms with Crippen molar-refractivity contribution in [3.8, 4) is 0 Å². The molecule has 21 heavy (non-hydrogen) atoms. The minimum Gasteiger partial charge on any atom is -0.480 e. The molecule has 110 valence electrons. The van der Waals surface area contributed by atoms with E-state index < -0.39 is 12.0 Å². The molecule has 3 rings (SSSR count). The maximum atomic E-state index is 12.6. The molecule has 0 radical (unpaired) electrons. The van der Waals surface area contributed by atoms with E-state index in [0.29, 0.717) is 24.4 Å². The fraction of sp³-hybridized carbons (Fsp3) is 0.375. The van der Waals surface area contributed by atoms with Gasteiger partial charge in [0.2, 0.25) is 0 Å². The Morgan fingerprint density at radius 1 is 1.33 bits per heavy atom. The third-order valence-electron chi connectivity index (χ3n) is 4.21. The van der Waals surface area contributed by atoms with Crippen molar-refractivity contribution >= 4 is 22.8 Å². The maximum absolute atomic E-state index is 12.6. The van der Waals surface area contributed by atoms with Gasteiger partial charge in [-0.2, -0.15) is 0 Å². The first-order valence-electron chi connectivity index (χ1n) is 7.17. The van der Waals surface area contributed by atoms with Crippen molar-refractivity contribution in [2.75, 3.05) is 6.54 Å². The number of carboxylic acid groups (broad SMARTS) is 1. The molecule has 0 aliphatic carbocycles. The van der Waals surface area contributed by atoms with Crippen molar-refractivity contribution in [1.82, 2.24) is 9.88 Å². The molecule has 1 saturated heterocycles. The predicted molar refractivity (Wildman–Crippen MR) is 79.2 cm³/mol. The zero-order valence-corrected chi connectivity index (χ0v) is 11.9. The lowest BCUT2D eigenvalue weighted by molar-refractivity contribution is -0.144. The van der Waals surface area contributed by atoms with E-state index in [1.807, 2.05) is 31.3 Å². The van der Waals surface area contributed by atoms with Gasteiger partial charge < -0.3 is 15.0 Å². The number of benzene rings is 1. The number of likely N-dealkylation sites (tertiary alicyclic amines) is 1. The van der Waals surface area contributed by atoms with E-state index in [0.717, 1.165) is 17.3 Å². The van der Waals surface area contributed by atoms with Crippen LogP contribution in [0.15, 0.2) is 30.5 Å². The van der Waals surface area contributed by atoms with Crippen molar-refractivity contribution in [2.24, 2.45) is 5.92 Å². The highest BCUT2D eigenvalue weighted by molar-refractivity contribution is 5.99. The van der Waals surface area contributed by atoms with Crippen LogP contribution in [-0.4, -0.2) is 39.5 Å². The number of nitrogens with zero attached hydrogens (tertiary/aromatic N) is 1. The molecule has 1 aromatic heterocycles. The molecule has 1 fully saturated rings. The second kappa shape index (κ2) is 5.24.